The monoisotopic (exact) mass is 166 g/mol. The Morgan fingerprint density at radius 2 is 2.25 bits per heavy atom. The average Bonchev–Trinajstić information content (AvgIpc) is 2.02. The fourth-order valence-corrected chi connectivity index (χ4v) is 0.978. The zero-order valence-electron chi connectivity index (χ0n) is 7.79. The lowest BCUT2D eigenvalue weighted by Crippen LogP contribution is -2.12. The van der Waals surface area contributed by atoms with Crippen LogP contribution in [0.15, 0.2) is 30.4 Å². The molecule has 0 heterocycles. The fourth-order valence-electron chi connectivity index (χ4n) is 0.978. The Bertz CT molecular complexity index is 171. The molecule has 0 aromatic carbocycles. The third-order valence-corrected chi connectivity index (χ3v) is 1.72. The number of rotatable bonds is 6. The molecule has 0 saturated heterocycles. The van der Waals surface area contributed by atoms with Gasteiger partial charge in [0, 0.05) is 12.6 Å². The number of nitrogens with zero attached hydrogens (tertiary/aromatic N) is 1. The fraction of sp³-hybridized carbons (Fsp3) is 0.500. The highest BCUT2D eigenvalue weighted by Crippen LogP contribution is 2.09. The molecule has 0 saturated carbocycles. The summed E-state index contributed by atoms with van der Waals surface area (Å²) in [7, 11) is 0. The quantitative estimate of drug-likeness (QED) is 0.367. The predicted molar refractivity (Wildman–Crippen MR) is 55.0 cm³/mol. The van der Waals surface area contributed by atoms with E-state index in [2.05, 4.69) is 25.1 Å². The summed E-state index contributed by atoms with van der Waals surface area (Å²) >= 11 is 0. The smallest absolute Gasteiger partial charge is 0.0988 e. The number of hydrogen-bond acceptors (Lipinski definition) is 1. The number of amidine groups is 1. The van der Waals surface area contributed by atoms with E-state index in [-0.39, 0.29) is 0 Å². The molecule has 0 aromatic rings. The van der Waals surface area contributed by atoms with Gasteiger partial charge in [0.2, 0.25) is 0 Å². The van der Waals surface area contributed by atoms with Gasteiger partial charge in [-0.1, -0.05) is 19.6 Å². The van der Waals surface area contributed by atoms with Gasteiger partial charge in [-0.2, -0.15) is 0 Å². The van der Waals surface area contributed by atoms with E-state index in [9.17, 15) is 0 Å². The SMILES string of the molecule is C=CC[C@H](C)CCC(N)=NC=C. The zero-order chi connectivity index (χ0) is 9.40. The Balaban J connectivity index is 3.59. The lowest BCUT2D eigenvalue weighted by Gasteiger charge is -2.06. The Labute approximate surface area is 74.9 Å². The van der Waals surface area contributed by atoms with E-state index in [1.165, 1.54) is 6.20 Å². The van der Waals surface area contributed by atoms with Gasteiger partial charge in [0.05, 0.1) is 5.84 Å². The van der Waals surface area contributed by atoms with Crippen molar-refractivity contribution in [3.63, 3.8) is 0 Å². The van der Waals surface area contributed by atoms with Crippen molar-refractivity contribution in [3.05, 3.63) is 25.4 Å². The molecular formula is C10H18N2. The predicted octanol–water partition coefficient (Wildman–Crippen LogP) is 2.48. The van der Waals surface area contributed by atoms with Gasteiger partial charge in [0.25, 0.3) is 0 Å². The van der Waals surface area contributed by atoms with E-state index >= 15 is 0 Å². The van der Waals surface area contributed by atoms with Crippen molar-refractivity contribution in [1.82, 2.24) is 0 Å². The minimum atomic E-state index is 0.640. The van der Waals surface area contributed by atoms with Gasteiger partial charge < -0.3 is 5.73 Å². The van der Waals surface area contributed by atoms with Crippen LogP contribution >= 0.6 is 0 Å². The van der Waals surface area contributed by atoms with Crippen LogP contribution in [0.4, 0.5) is 0 Å². The number of aliphatic imine (C=N–C) groups is 1. The lowest BCUT2D eigenvalue weighted by molar-refractivity contribution is 0.553. The van der Waals surface area contributed by atoms with Crippen LogP contribution in [0.1, 0.15) is 26.2 Å². The first-order valence-electron chi connectivity index (χ1n) is 4.24. The van der Waals surface area contributed by atoms with E-state index in [4.69, 9.17) is 5.73 Å². The van der Waals surface area contributed by atoms with Crippen LogP contribution in [-0.4, -0.2) is 5.84 Å². The van der Waals surface area contributed by atoms with Gasteiger partial charge in [0.15, 0.2) is 0 Å². The highest BCUT2D eigenvalue weighted by Gasteiger charge is 2.00. The normalized spacial score (nSPS) is 13.9. The van der Waals surface area contributed by atoms with Crippen molar-refractivity contribution in [1.29, 1.82) is 0 Å². The lowest BCUT2D eigenvalue weighted by atomic mass is 10.0. The maximum Gasteiger partial charge on any atom is 0.0988 e. The Morgan fingerprint density at radius 3 is 2.75 bits per heavy atom. The van der Waals surface area contributed by atoms with Crippen molar-refractivity contribution >= 4 is 5.84 Å². The first-order valence-corrected chi connectivity index (χ1v) is 4.24. The third kappa shape index (κ3) is 5.71. The van der Waals surface area contributed by atoms with Gasteiger partial charge in [-0.3, -0.25) is 0 Å². The van der Waals surface area contributed by atoms with Crippen LogP contribution in [0.25, 0.3) is 0 Å². The molecule has 0 amide bonds. The molecule has 12 heavy (non-hydrogen) atoms. The first kappa shape index (κ1) is 11.0. The molecule has 0 aliphatic heterocycles. The molecule has 0 aromatic heterocycles. The molecule has 2 nitrogen and oxygen atoms in total. The standard InChI is InChI=1S/C10H18N2/c1-4-6-9(3)7-8-10(11)12-5-2/h4-5,9H,1-2,6-8H2,3H3,(H2,11,12)/t9-/m0/s1. The zero-order valence-corrected chi connectivity index (χ0v) is 7.79. The number of allylic oxidation sites excluding steroid dienone is 1. The largest absolute Gasteiger partial charge is 0.387 e. The Morgan fingerprint density at radius 1 is 1.58 bits per heavy atom. The third-order valence-electron chi connectivity index (χ3n) is 1.72. The van der Waals surface area contributed by atoms with Crippen molar-refractivity contribution < 1.29 is 0 Å². The summed E-state index contributed by atoms with van der Waals surface area (Å²) in [6, 6.07) is 0. The highest BCUT2D eigenvalue weighted by molar-refractivity contribution is 5.80. The summed E-state index contributed by atoms with van der Waals surface area (Å²) < 4.78 is 0. The summed E-state index contributed by atoms with van der Waals surface area (Å²) in [5.74, 6) is 1.31. The second-order valence-corrected chi connectivity index (χ2v) is 2.97. The molecular weight excluding hydrogens is 148 g/mol. The van der Waals surface area contributed by atoms with E-state index in [1.807, 2.05) is 6.08 Å². The van der Waals surface area contributed by atoms with Crippen LogP contribution < -0.4 is 5.73 Å². The molecule has 0 rings (SSSR count). The summed E-state index contributed by atoms with van der Waals surface area (Å²) in [5.41, 5.74) is 5.58. The summed E-state index contributed by atoms with van der Waals surface area (Å²) in [4.78, 5) is 3.89. The van der Waals surface area contributed by atoms with Crippen molar-refractivity contribution in [2.75, 3.05) is 0 Å². The maximum atomic E-state index is 5.58. The van der Waals surface area contributed by atoms with Gasteiger partial charge in [-0.05, 0) is 18.8 Å². The summed E-state index contributed by atoms with van der Waals surface area (Å²) in [6.07, 6.45) is 6.37. The van der Waals surface area contributed by atoms with Gasteiger partial charge >= 0.3 is 0 Å². The minimum Gasteiger partial charge on any atom is -0.387 e. The summed E-state index contributed by atoms with van der Waals surface area (Å²) in [5, 5.41) is 0. The molecule has 0 unspecified atom stereocenters. The second kappa shape index (κ2) is 6.65. The second-order valence-electron chi connectivity index (χ2n) is 2.97. The van der Waals surface area contributed by atoms with E-state index in [0.717, 1.165) is 19.3 Å². The van der Waals surface area contributed by atoms with Gasteiger partial charge in [-0.15, -0.1) is 6.58 Å². The van der Waals surface area contributed by atoms with Gasteiger partial charge in [0.1, 0.15) is 0 Å². The van der Waals surface area contributed by atoms with Crippen LogP contribution in [0.3, 0.4) is 0 Å². The summed E-state index contributed by atoms with van der Waals surface area (Å²) in [6.45, 7) is 9.35. The highest BCUT2D eigenvalue weighted by atomic mass is 14.8. The molecule has 0 aliphatic rings. The topological polar surface area (TPSA) is 38.4 Å². The number of nitrogens with two attached hydrogens (primary N) is 1. The van der Waals surface area contributed by atoms with E-state index < -0.39 is 0 Å². The van der Waals surface area contributed by atoms with Crippen LogP contribution in [0.2, 0.25) is 0 Å². The average molecular weight is 166 g/mol. The van der Waals surface area contributed by atoms with E-state index in [0.29, 0.717) is 11.8 Å². The first-order chi connectivity index (χ1) is 5.70. The molecule has 0 fully saturated rings. The number of hydrogen-bond donors (Lipinski definition) is 1. The van der Waals surface area contributed by atoms with Crippen molar-refractivity contribution in [3.8, 4) is 0 Å². The maximum absolute atomic E-state index is 5.58. The molecule has 2 N–H and O–H groups in total. The van der Waals surface area contributed by atoms with Crippen molar-refractivity contribution in [2.45, 2.75) is 26.2 Å². The van der Waals surface area contributed by atoms with Crippen LogP contribution in [0, 0.1) is 5.92 Å². The van der Waals surface area contributed by atoms with Gasteiger partial charge in [-0.25, -0.2) is 4.99 Å². The molecule has 1 atom stereocenters. The molecule has 0 aliphatic carbocycles. The molecule has 0 spiro atoms. The van der Waals surface area contributed by atoms with Crippen molar-refractivity contribution in [2.24, 2.45) is 16.6 Å². The Kier molecular flexibility index (Phi) is 6.07. The Hall–Kier alpha value is -1.05. The molecule has 0 bridgehead atoms. The molecule has 68 valence electrons. The van der Waals surface area contributed by atoms with Crippen LogP contribution in [0.5, 0.6) is 0 Å². The molecule has 2 heteroatoms. The van der Waals surface area contributed by atoms with E-state index in [1.54, 1.807) is 0 Å². The molecule has 0 radical (unpaired) electrons. The van der Waals surface area contributed by atoms with Crippen LogP contribution in [-0.2, 0) is 0 Å². The minimum absolute atomic E-state index is 0.640.